The Bertz CT molecular complexity index is 1790. The van der Waals surface area contributed by atoms with Gasteiger partial charge in [0.2, 0.25) is 5.95 Å². The molecule has 0 aliphatic heterocycles. The summed E-state index contributed by atoms with van der Waals surface area (Å²) in [5.74, 6) is 0.653. The lowest BCUT2D eigenvalue weighted by atomic mass is 10.1. The highest BCUT2D eigenvalue weighted by atomic mass is 35.5. The van der Waals surface area contributed by atoms with Gasteiger partial charge in [-0.05, 0) is 55.3 Å². The van der Waals surface area contributed by atoms with Crippen LogP contribution in [0, 0.1) is 6.92 Å². The molecular weight excluding hydrogens is 556 g/mol. The van der Waals surface area contributed by atoms with E-state index in [2.05, 4.69) is 20.6 Å². The molecular formula is C30H29ClN8O3. The third-order valence-corrected chi connectivity index (χ3v) is 7.14. The van der Waals surface area contributed by atoms with Crippen LogP contribution in [0.3, 0.4) is 0 Å². The molecule has 5 rings (SSSR count). The van der Waals surface area contributed by atoms with E-state index >= 15 is 0 Å². The lowest BCUT2D eigenvalue weighted by Crippen LogP contribution is -2.25. The topological polar surface area (TPSA) is 160 Å². The van der Waals surface area contributed by atoms with Crippen molar-refractivity contribution < 1.29 is 10.0 Å². The molecule has 0 aliphatic carbocycles. The van der Waals surface area contributed by atoms with E-state index in [0.717, 1.165) is 11.3 Å². The van der Waals surface area contributed by atoms with E-state index in [1.807, 2.05) is 48.5 Å². The van der Waals surface area contributed by atoms with Crippen LogP contribution in [0.25, 0.3) is 16.6 Å². The molecule has 2 heterocycles. The smallest absolute Gasteiger partial charge is 0.274 e. The van der Waals surface area contributed by atoms with Gasteiger partial charge in [-0.2, -0.15) is 4.98 Å². The lowest BCUT2D eigenvalue weighted by Gasteiger charge is -2.16. The number of amides is 1. The van der Waals surface area contributed by atoms with Crippen molar-refractivity contribution in [2.24, 2.45) is 0 Å². The van der Waals surface area contributed by atoms with E-state index in [0.29, 0.717) is 70.4 Å². The van der Waals surface area contributed by atoms with Crippen molar-refractivity contribution in [2.75, 3.05) is 22.9 Å². The zero-order valence-corrected chi connectivity index (χ0v) is 23.5. The molecule has 0 unspecified atom stereocenters. The summed E-state index contributed by atoms with van der Waals surface area (Å²) in [5.41, 5.74) is 11.0. The third kappa shape index (κ3) is 6.17. The van der Waals surface area contributed by atoms with Crippen LogP contribution in [0.4, 0.5) is 17.5 Å². The molecule has 0 saturated heterocycles. The first-order chi connectivity index (χ1) is 20.4. The lowest BCUT2D eigenvalue weighted by molar-refractivity contribution is 0.0706. The molecule has 0 aliphatic rings. The highest BCUT2D eigenvalue weighted by Crippen LogP contribution is 2.24. The van der Waals surface area contributed by atoms with Crippen LogP contribution < -0.4 is 27.4 Å². The number of fused-ring (bicyclic) bond motifs is 1. The summed E-state index contributed by atoms with van der Waals surface area (Å²) in [4.78, 5) is 38.8. The number of hydroxylamine groups is 1. The SMILES string of the molecule is Cc1nc(N)nc(NCCCc2nc3cccc(NCc4ccc(C(=O)NO)cc4)c3c(=O)n2-c2ccccc2)c1Cl. The summed E-state index contributed by atoms with van der Waals surface area (Å²) in [5, 5.41) is 16.3. The largest absolute Gasteiger partial charge is 0.380 e. The Labute approximate surface area is 246 Å². The summed E-state index contributed by atoms with van der Waals surface area (Å²) in [6.07, 6.45) is 1.15. The predicted molar refractivity (Wildman–Crippen MR) is 163 cm³/mol. The van der Waals surface area contributed by atoms with Crippen molar-refractivity contribution in [3.8, 4) is 5.69 Å². The van der Waals surface area contributed by atoms with Gasteiger partial charge in [0.1, 0.15) is 10.8 Å². The number of nitrogens with zero attached hydrogens (tertiary/aromatic N) is 4. The quantitative estimate of drug-likeness (QED) is 0.0904. The molecule has 6 N–H and O–H groups in total. The summed E-state index contributed by atoms with van der Waals surface area (Å²) in [6.45, 7) is 2.70. The first-order valence-corrected chi connectivity index (χ1v) is 13.6. The van der Waals surface area contributed by atoms with Gasteiger partial charge in [-0.15, -0.1) is 0 Å². The molecule has 0 spiro atoms. The fraction of sp³-hybridized carbons (Fsp3) is 0.167. The van der Waals surface area contributed by atoms with Gasteiger partial charge in [0.25, 0.3) is 11.5 Å². The molecule has 0 fully saturated rings. The van der Waals surface area contributed by atoms with E-state index in [9.17, 15) is 9.59 Å². The first kappa shape index (κ1) is 28.5. The summed E-state index contributed by atoms with van der Waals surface area (Å²) >= 11 is 6.33. The second-order valence-electron chi connectivity index (χ2n) is 9.56. The van der Waals surface area contributed by atoms with Crippen LogP contribution in [0.5, 0.6) is 0 Å². The Morgan fingerprint density at radius 3 is 2.48 bits per heavy atom. The molecule has 42 heavy (non-hydrogen) atoms. The Morgan fingerprint density at radius 2 is 1.74 bits per heavy atom. The van der Waals surface area contributed by atoms with Gasteiger partial charge in [-0.25, -0.2) is 15.4 Å². The van der Waals surface area contributed by atoms with Crippen molar-refractivity contribution in [3.05, 3.63) is 111 Å². The van der Waals surface area contributed by atoms with Gasteiger partial charge < -0.3 is 16.4 Å². The summed E-state index contributed by atoms with van der Waals surface area (Å²) < 4.78 is 1.65. The van der Waals surface area contributed by atoms with Crippen LogP contribution in [0.15, 0.2) is 77.6 Å². The Hall–Kier alpha value is -5.00. The van der Waals surface area contributed by atoms with Crippen LogP contribution in [-0.4, -0.2) is 37.2 Å². The van der Waals surface area contributed by atoms with Crippen LogP contribution >= 0.6 is 11.6 Å². The monoisotopic (exact) mass is 584 g/mol. The number of aromatic nitrogens is 4. The minimum Gasteiger partial charge on any atom is -0.380 e. The number of halogens is 1. The fourth-order valence-electron chi connectivity index (χ4n) is 4.62. The van der Waals surface area contributed by atoms with Gasteiger partial charge in [0.05, 0.1) is 22.3 Å². The number of rotatable bonds is 10. The number of benzene rings is 3. The standard InChI is InChI=1S/C30H29ClN8O3/c1-18-26(31)27(37-30(32)35-18)33-16-6-11-24-36-23-10-5-9-22(25(23)29(41)39(24)21-7-3-2-4-8-21)34-17-19-12-14-20(15-13-19)28(40)38-42/h2-5,7-10,12-15,34,42H,6,11,16-17H2,1H3,(H,38,40)(H3,32,33,35,37). The Balaban J connectivity index is 1.42. The predicted octanol–water partition coefficient (Wildman–Crippen LogP) is 4.50. The maximum absolute atomic E-state index is 14.1. The molecule has 12 heteroatoms. The molecule has 0 bridgehead atoms. The highest BCUT2D eigenvalue weighted by Gasteiger charge is 2.16. The number of carbonyl (C=O) groups excluding carboxylic acids is 1. The molecule has 1 amide bonds. The number of nitrogens with two attached hydrogens (primary N) is 1. The van der Waals surface area contributed by atoms with Gasteiger partial charge in [0, 0.05) is 30.8 Å². The van der Waals surface area contributed by atoms with E-state index in [-0.39, 0.29) is 11.5 Å². The number of anilines is 3. The van der Waals surface area contributed by atoms with Crippen LogP contribution in [0.1, 0.15) is 33.9 Å². The van der Waals surface area contributed by atoms with Crippen molar-refractivity contribution in [1.82, 2.24) is 25.0 Å². The zero-order valence-electron chi connectivity index (χ0n) is 22.8. The van der Waals surface area contributed by atoms with Crippen molar-refractivity contribution in [1.29, 1.82) is 0 Å². The molecule has 11 nitrogen and oxygen atoms in total. The number of nitrogen functional groups attached to an aromatic ring is 1. The molecule has 0 atom stereocenters. The van der Waals surface area contributed by atoms with Gasteiger partial charge in [0.15, 0.2) is 5.82 Å². The van der Waals surface area contributed by atoms with E-state index in [1.54, 1.807) is 41.2 Å². The van der Waals surface area contributed by atoms with Crippen molar-refractivity contribution >= 4 is 45.9 Å². The maximum Gasteiger partial charge on any atom is 0.274 e. The second kappa shape index (κ2) is 12.7. The molecule has 0 radical (unpaired) electrons. The first-order valence-electron chi connectivity index (χ1n) is 13.3. The molecule has 214 valence electrons. The summed E-state index contributed by atoms with van der Waals surface area (Å²) in [7, 11) is 0. The second-order valence-corrected chi connectivity index (χ2v) is 9.93. The minimum atomic E-state index is -0.583. The van der Waals surface area contributed by atoms with Gasteiger partial charge >= 0.3 is 0 Å². The number of nitrogens with one attached hydrogen (secondary N) is 3. The zero-order chi connectivity index (χ0) is 29.6. The van der Waals surface area contributed by atoms with E-state index in [4.69, 9.17) is 27.5 Å². The third-order valence-electron chi connectivity index (χ3n) is 6.69. The normalized spacial score (nSPS) is 10.9. The number of para-hydroxylation sites is 1. The molecule has 2 aromatic heterocycles. The minimum absolute atomic E-state index is 0.143. The molecule has 5 aromatic rings. The maximum atomic E-state index is 14.1. The van der Waals surface area contributed by atoms with Gasteiger partial charge in [-0.1, -0.05) is 48.0 Å². The van der Waals surface area contributed by atoms with Crippen molar-refractivity contribution in [3.63, 3.8) is 0 Å². The number of hydrogen-bond acceptors (Lipinski definition) is 9. The van der Waals surface area contributed by atoms with Gasteiger partial charge in [-0.3, -0.25) is 19.4 Å². The van der Waals surface area contributed by atoms with Crippen LogP contribution in [0.2, 0.25) is 5.02 Å². The summed E-state index contributed by atoms with van der Waals surface area (Å²) in [6, 6.07) is 21.7. The fourth-order valence-corrected chi connectivity index (χ4v) is 4.77. The highest BCUT2D eigenvalue weighted by molar-refractivity contribution is 6.33. The average molecular weight is 585 g/mol. The van der Waals surface area contributed by atoms with Crippen LogP contribution in [-0.2, 0) is 13.0 Å². The number of carbonyl (C=O) groups is 1. The number of aryl methyl sites for hydroxylation is 2. The Morgan fingerprint density at radius 1 is 0.976 bits per heavy atom. The average Bonchev–Trinajstić information content (AvgIpc) is 3.00. The van der Waals surface area contributed by atoms with E-state index < -0.39 is 5.91 Å². The van der Waals surface area contributed by atoms with Crippen molar-refractivity contribution in [2.45, 2.75) is 26.3 Å². The van der Waals surface area contributed by atoms with E-state index in [1.165, 1.54) is 0 Å². The number of hydrogen-bond donors (Lipinski definition) is 5. The molecule has 3 aromatic carbocycles. The molecule has 0 saturated carbocycles. The Kier molecular flexibility index (Phi) is 8.60.